The minimum absolute atomic E-state index is 0.0352. The molecule has 0 saturated carbocycles. The fourth-order valence-corrected chi connectivity index (χ4v) is 7.79. The maximum atomic E-state index is 14.5. The van der Waals surface area contributed by atoms with Gasteiger partial charge >= 0.3 is 0 Å². The van der Waals surface area contributed by atoms with Crippen LogP contribution in [0.1, 0.15) is 57.4 Å². The summed E-state index contributed by atoms with van der Waals surface area (Å²) < 4.78 is 16.6. The zero-order chi connectivity index (χ0) is 39.3. The second kappa shape index (κ2) is 17.1. The number of amides is 5. The van der Waals surface area contributed by atoms with Gasteiger partial charge in [0.1, 0.15) is 30.3 Å². The Morgan fingerprint density at radius 2 is 1.86 bits per heavy atom. The molecule has 56 heavy (non-hydrogen) atoms. The van der Waals surface area contributed by atoms with Crippen LogP contribution in [0.4, 0.5) is 0 Å². The van der Waals surface area contributed by atoms with E-state index >= 15 is 0 Å². The van der Waals surface area contributed by atoms with Crippen LogP contribution < -0.4 is 16.0 Å². The maximum Gasteiger partial charge on any atom is 0.246 e. The zero-order valence-corrected chi connectivity index (χ0v) is 31.4. The van der Waals surface area contributed by atoms with Gasteiger partial charge in [0, 0.05) is 49.5 Å². The fraction of sp³-hybridized carbons (Fsp3) is 0.513. The molecule has 0 unspecified atom stereocenters. The van der Waals surface area contributed by atoms with Crippen molar-refractivity contribution < 1.29 is 42.8 Å². The molecular weight excluding hydrogens is 724 g/mol. The minimum Gasteiger partial charge on any atom is -0.461 e. The number of ether oxygens (including phenoxy) is 1. The molecule has 3 aliphatic heterocycles. The summed E-state index contributed by atoms with van der Waals surface area (Å²) in [6.45, 7) is 3.66. The summed E-state index contributed by atoms with van der Waals surface area (Å²) in [5, 5.41) is 25.0. The number of carbonyl (C=O) groups is 5. The van der Waals surface area contributed by atoms with Crippen molar-refractivity contribution in [3.05, 3.63) is 60.3 Å². The lowest BCUT2D eigenvalue weighted by Gasteiger charge is -2.38. The number of benzene rings is 1. The van der Waals surface area contributed by atoms with Gasteiger partial charge in [-0.3, -0.25) is 24.0 Å². The SMILES string of the molecule is CC(C)C[C@H]1NC(=O)[C@H]2CCCN2C(=O)[C@@H](Cc2c[nH]c3ccccc23)NC(=O)CN(C(=O)CCc2nc(-c3ccco3)no2)C[C@H]2OCC[C@H](NC1=O)[C@@H]2O. The molecule has 7 rings (SSSR count). The van der Waals surface area contributed by atoms with E-state index in [1.807, 2.05) is 38.1 Å². The molecule has 3 saturated heterocycles. The van der Waals surface area contributed by atoms with E-state index in [1.54, 1.807) is 18.3 Å². The van der Waals surface area contributed by atoms with E-state index in [-0.39, 0.29) is 63.0 Å². The molecule has 3 fully saturated rings. The number of aromatic nitrogens is 3. The second-order valence-electron chi connectivity index (χ2n) is 15.1. The van der Waals surface area contributed by atoms with Crippen molar-refractivity contribution in [2.45, 2.75) is 95.2 Å². The van der Waals surface area contributed by atoms with E-state index in [9.17, 15) is 29.1 Å². The molecule has 17 heteroatoms. The predicted octanol–water partition coefficient (Wildman–Crippen LogP) is 1.47. The summed E-state index contributed by atoms with van der Waals surface area (Å²) in [5.41, 5.74) is 1.64. The number of aromatic amines is 1. The van der Waals surface area contributed by atoms with Crippen molar-refractivity contribution in [1.29, 1.82) is 0 Å². The van der Waals surface area contributed by atoms with Crippen molar-refractivity contribution in [2.75, 3.05) is 26.2 Å². The molecule has 0 spiro atoms. The van der Waals surface area contributed by atoms with Gasteiger partial charge < -0.3 is 49.5 Å². The van der Waals surface area contributed by atoms with Crippen LogP contribution in [0.5, 0.6) is 0 Å². The third-order valence-corrected chi connectivity index (χ3v) is 10.6. The number of nitrogens with zero attached hydrogens (tertiary/aromatic N) is 4. The normalized spacial score (nSPS) is 25.5. The van der Waals surface area contributed by atoms with Crippen molar-refractivity contribution >= 4 is 40.4 Å². The Kier molecular flexibility index (Phi) is 11.8. The number of hydrogen-bond donors (Lipinski definition) is 5. The largest absolute Gasteiger partial charge is 0.461 e. The highest BCUT2D eigenvalue weighted by atomic mass is 16.5. The third-order valence-electron chi connectivity index (χ3n) is 10.6. The van der Waals surface area contributed by atoms with Crippen molar-refractivity contribution in [1.82, 2.24) is 40.9 Å². The second-order valence-corrected chi connectivity index (χ2v) is 15.1. The van der Waals surface area contributed by atoms with Gasteiger partial charge in [-0.2, -0.15) is 4.98 Å². The number of furan rings is 1. The third kappa shape index (κ3) is 8.78. The van der Waals surface area contributed by atoms with Crippen LogP contribution >= 0.6 is 0 Å². The Morgan fingerprint density at radius 3 is 2.66 bits per heavy atom. The number of H-pyrrole nitrogens is 1. The van der Waals surface area contributed by atoms with Crippen molar-refractivity contribution in [3.8, 4) is 11.6 Å². The number of aliphatic hydroxyl groups is 1. The number of aryl methyl sites for hydroxylation is 1. The predicted molar refractivity (Wildman–Crippen MR) is 199 cm³/mol. The van der Waals surface area contributed by atoms with Crippen LogP contribution in [0.2, 0.25) is 0 Å². The van der Waals surface area contributed by atoms with Gasteiger partial charge in [0.05, 0.1) is 25.4 Å². The highest BCUT2D eigenvalue weighted by molar-refractivity contribution is 5.96. The average molecular weight is 773 g/mol. The van der Waals surface area contributed by atoms with Gasteiger partial charge in [0.25, 0.3) is 0 Å². The summed E-state index contributed by atoms with van der Waals surface area (Å²) in [6.07, 6.45) is 2.63. The first-order valence-corrected chi connectivity index (χ1v) is 19.2. The average Bonchev–Trinajstić information content (AvgIpc) is 4.01. The van der Waals surface area contributed by atoms with Gasteiger partial charge in [-0.05, 0) is 55.4 Å². The number of nitrogens with one attached hydrogen (secondary N) is 4. The summed E-state index contributed by atoms with van der Waals surface area (Å²) in [7, 11) is 0. The van der Waals surface area contributed by atoms with Gasteiger partial charge in [-0.1, -0.05) is 37.2 Å². The van der Waals surface area contributed by atoms with E-state index in [4.69, 9.17) is 13.7 Å². The van der Waals surface area contributed by atoms with Crippen LogP contribution in [0.3, 0.4) is 0 Å². The summed E-state index contributed by atoms with van der Waals surface area (Å²) in [6, 6.07) is 7.32. The summed E-state index contributed by atoms with van der Waals surface area (Å²) in [4.78, 5) is 80.4. The minimum atomic E-state index is -1.24. The number of carbonyl (C=O) groups excluding carboxylic acids is 5. The Balaban J connectivity index is 1.18. The molecule has 5 amide bonds. The number of aliphatic hydroxyl groups excluding tert-OH is 1. The first-order chi connectivity index (χ1) is 27.0. The molecule has 2 bridgehead atoms. The first kappa shape index (κ1) is 38.7. The Bertz CT molecular complexity index is 2030. The highest BCUT2D eigenvalue weighted by Gasteiger charge is 2.41. The number of para-hydroxylation sites is 1. The van der Waals surface area contributed by atoms with Gasteiger partial charge in [0.15, 0.2) is 5.76 Å². The van der Waals surface area contributed by atoms with Crippen LogP contribution in [-0.4, -0.2) is 122 Å². The van der Waals surface area contributed by atoms with E-state index in [1.165, 1.54) is 16.1 Å². The molecule has 6 atom stereocenters. The fourth-order valence-electron chi connectivity index (χ4n) is 7.79. The molecule has 17 nitrogen and oxygen atoms in total. The topological polar surface area (TPSA) is 225 Å². The van der Waals surface area contributed by atoms with E-state index in [0.717, 1.165) is 16.5 Å². The molecular formula is C39H48N8O9. The van der Waals surface area contributed by atoms with E-state index in [0.29, 0.717) is 25.0 Å². The number of fused-ring (bicyclic) bond motifs is 4. The van der Waals surface area contributed by atoms with Gasteiger partial charge in [-0.15, -0.1) is 0 Å². The molecule has 1 aromatic carbocycles. The van der Waals surface area contributed by atoms with Gasteiger partial charge in [-0.25, -0.2) is 0 Å². The standard InChI is InChI=1S/C39H48N8O9/c1-22(2)17-27-37(51)42-26-13-16-55-31(35(26)50)20-46(34(49)12-11-33-44-36(45-56-33)30-10-6-15-54-30)21-32(48)41-28(18-23-19-40-25-8-4-3-7-24(23)25)39(53)47-14-5-9-29(47)38(52)43-27/h3-4,6-8,10,15,19,22,26-29,31,35,40,50H,5,9,11-14,16-18,20-21H2,1-2H3,(H,41,48)(H,42,51)(H,43,52)/t26-,27+,28+,29+,31+,35-/m0/s1. The monoisotopic (exact) mass is 772 g/mol. The van der Waals surface area contributed by atoms with Crippen molar-refractivity contribution in [2.24, 2.45) is 5.92 Å². The molecule has 6 heterocycles. The lowest BCUT2D eigenvalue weighted by atomic mass is 9.97. The van der Waals surface area contributed by atoms with Crippen LogP contribution in [0, 0.1) is 5.92 Å². The number of rotatable bonds is 8. The molecule has 0 radical (unpaired) electrons. The van der Waals surface area contributed by atoms with Crippen LogP contribution in [0.25, 0.3) is 22.5 Å². The van der Waals surface area contributed by atoms with Crippen LogP contribution in [-0.2, 0) is 41.6 Å². The van der Waals surface area contributed by atoms with Gasteiger partial charge in [0.2, 0.25) is 41.3 Å². The quantitative estimate of drug-likeness (QED) is 0.172. The Morgan fingerprint density at radius 1 is 1.02 bits per heavy atom. The first-order valence-electron chi connectivity index (χ1n) is 19.2. The molecule has 0 aliphatic carbocycles. The molecule has 3 aliphatic rings. The molecule has 298 valence electrons. The zero-order valence-electron chi connectivity index (χ0n) is 31.4. The van der Waals surface area contributed by atoms with E-state index in [2.05, 4.69) is 31.1 Å². The smallest absolute Gasteiger partial charge is 0.246 e. The Labute approximate surface area is 322 Å². The summed E-state index contributed by atoms with van der Waals surface area (Å²) >= 11 is 0. The lowest BCUT2D eigenvalue weighted by molar-refractivity contribution is -0.145. The number of hydrogen-bond acceptors (Lipinski definition) is 11. The molecule has 5 N–H and O–H groups in total. The highest BCUT2D eigenvalue weighted by Crippen LogP contribution is 2.25. The maximum absolute atomic E-state index is 14.5. The van der Waals surface area contributed by atoms with E-state index < -0.39 is 72.5 Å². The summed E-state index contributed by atoms with van der Waals surface area (Å²) in [5.74, 6) is -1.62. The molecule has 3 aromatic heterocycles. The van der Waals surface area contributed by atoms with Crippen LogP contribution in [0.15, 0.2) is 57.8 Å². The van der Waals surface area contributed by atoms with Crippen molar-refractivity contribution in [3.63, 3.8) is 0 Å². The lowest BCUT2D eigenvalue weighted by Crippen LogP contribution is -2.60. The Hall–Kier alpha value is -5.55. The molecule has 4 aromatic rings.